The van der Waals surface area contributed by atoms with Gasteiger partial charge in [-0.3, -0.25) is 0 Å². The minimum atomic E-state index is 0.815. The van der Waals surface area contributed by atoms with Crippen molar-refractivity contribution in [1.82, 2.24) is 0 Å². The van der Waals surface area contributed by atoms with Crippen LogP contribution in [0.15, 0.2) is 24.3 Å². The first-order valence-electron chi connectivity index (χ1n) is 4.66. The molecule has 1 aliphatic carbocycles. The minimum absolute atomic E-state index is 0.815. The molecule has 0 amide bonds. The summed E-state index contributed by atoms with van der Waals surface area (Å²) >= 11 is 0. The molecule has 0 N–H and O–H groups in total. The van der Waals surface area contributed by atoms with Gasteiger partial charge in [0, 0.05) is 0 Å². The van der Waals surface area contributed by atoms with E-state index >= 15 is 0 Å². The highest BCUT2D eigenvalue weighted by Gasteiger charge is 2.08. The summed E-state index contributed by atoms with van der Waals surface area (Å²) in [6.45, 7) is 4.61. The maximum absolute atomic E-state index is 2.34. The Hall–Kier alpha value is -0.520. The molecule has 62 valence electrons. The van der Waals surface area contributed by atoms with Crippen molar-refractivity contribution < 1.29 is 0 Å². The lowest BCUT2D eigenvalue weighted by molar-refractivity contribution is 0.435. The number of hydrogen-bond acceptors (Lipinski definition) is 0. The average molecular weight is 150 g/mol. The Balaban J connectivity index is 2.27. The molecular weight excluding hydrogens is 132 g/mol. The van der Waals surface area contributed by atoms with Gasteiger partial charge in [-0.2, -0.15) is 0 Å². The highest BCUT2D eigenvalue weighted by atomic mass is 14.1. The van der Waals surface area contributed by atoms with Gasteiger partial charge >= 0.3 is 0 Å². The molecule has 0 aromatic rings. The zero-order valence-corrected chi connectivity index (χ0v) is 7.59. The highest BCUT2D eigenvalue weighted by molar-refractivity contribution is 5.10. The monoisotopic (exact) mass is 150 g/mol. The fraction of sp³-hybridized carbons (Fsp3) is 0.636. The second-order valence-corrected chi connectivity index (χ2v) is 3.56. The zero-order valence-electron chi connectivity index (χ0n) is 7.59. The molecule has 2 unspecified atom stereocenters. The van der Waals surface area contributed by atoms with E-state index in [2.05, 4.69) is 38.2 Å². The van der Waals surface area contributed by atoms with Gasteiger partial charge in [0.1, 0.15) is 0 Å². The van der Waals surface area contributed by atoms with E-state index in [1.165, 1.54) is 19.3 Å². The summed E-state index contributed by atoms with van der Waals surface area (Å²) < 4.78 is 0. The summed E-state index contributed by atoms with van der Waals surface area (Å²) in [6.07, 6.45) is 12.9. The summed E-state index contributed by atoms with van der Waals surface area (Å²) in [5.74, 6) is 1.70. The minimum Gasteiger partial charge on any atom is -0.0840 e. The van der Waals surface area contributed by atoms with Crippen LogP contribution in [0.4, 0.5) is 0 Å². The Morgan fingerprint density at radius 1 is 1.45 bits per heavy atom. The van der Waals surface area contributed by atoms with Crippen LogP contribution in [-0.4, -0.2) is 0 Å². The van der Waals surface area contributed by atoms with Crippen LogP contribution < -0.4 is 0 Å². The second-order valence-electron chi connectivity index (χ2n) is 3.56. The summed E-state index contributed by atoms with van der Waals surface area (Å²) in [6, 6.07) is 0. The Morgan fingerprint density at radius 2 is 2.27 bits per heavy atom. The largest absolute Gasteiger partial charge is 0.0840 e. The van der Waals surface area contributed by atoms with Gasteiger partial charge in [-0.25, -0.2) is 0 Å². The number of allylic oxidation sites excluding steroid dienone is 4. The third-order valence-corrected chi connectivity index (χ3v) is 2.47. The average Bonchev–Trinajstić information content (AvgIpc) is 2.06. The van der Waals surface area contributed by atoms with Crippen LogP contribution in [0.25, 0.3) is 0 Å². The molecular formula is C11H18. The van der Waals surface area contributed by atoms with Gasteiger partial charge in [-0.15, -0.1) is 0 Å². The molecule has 11 heavy (non-hydrogen) atoms. The Bertz CT molecular complexity index is 153. The molecule has 0 spiro atoms. The van der Waals surface area contributed by atoms with Crippen molar-refractivity contribution in [1.29, 1.82) is 0 Å². The molecule has 0 saturated heterocycles. The lowest BCUT2D eigenvalue weighted by atomic mass is 9.89. The summed E-state index contributed by atoms with van der Waals surface area (Å²) in [5.41, 5.74) is 0. The Labute approximate surface area is 70.0 Å². The van der Waals surface area contributed by atoms with Crippen molar-refractivity contribution in [3.8, 4) is 0 Å². The standard InChI is InChI=1S/C11H18/c1-3-10(2)9-11-7-5-4-6-8-11/h4-7,10-11H,3,8-9H2,1-2H3. The predicted molar refractivity (Wildman–Crippen MR) is 50.5 cm³/mol. The molecule has 0 heterocycles. The van der Waals surface area contributed by atoms with Gasteiger partial charge in [0.05, 0.1) is 0 Å². The van der Waals surface area contributed by atoms with Crippen molar-refractivity contribution in [3.05, 3.63) is 24.3 Å². The van der Waals surface area contributed by atoms with Gasteiger partial charge in [0.15, 0.2) is 0 Å². The zero-order chi connectivity index (χ0) is 8.10. The van der Waals surface area contributed by atoms with E-state index < -0.39 is 0 Å². The maximum Gasteiger partial charge on any atom is -0.0193 e. The number of hydrogen-bond donors (Lipinski definition) is 0. The van der Waals surface area contributed by atoms with Gasteiger partial charge < -0.3 is 0 Å². The quantitative estimate of drug-likeness (QED) is 0.577. The smallest absolute Gasteiger partial charge is 0.0193 e. The molecule has 1 rings (SSSR count). The van der Waals surface area contributed by atoms with Crippen LogP contribution in [0, 0.1) is 11.8 Å². The SMILES string of the molecule is CCC(C)CC1C=CC=CC1. The summed E-state index contributed by atoms with van der Waals surface area (Å²) in [4.78, 5) is 0. The molecule has 0 aromatic carbocycles. The van der Waals surface area contributed by atoms with Gasteiger partial charge in [0.25, 0.3) is 0 Å². The predicted octanol–water partition coefficient (Wildman–Crippen LogP) is 3.55. The molecule has 0 fully saturated rings. The van der Waals surface area contributed by atoms with E-state index in [9.17, 15) is 0 Å². The van der Waals surface area contributed by atoms with Crippen molar-refractivity contribution in [2.45, 2.75) is 33.1 Å². The highest BCUT2D eigenvalue weighted by Crippen LogP contribution is 2.21. The van der Waals surface area contributed by atoms with Gasteiger partial charge in [0.2, 0.25) is 0 Å². The first-order valence-corrected chi connectivity index (χ1v) is 4.66. The molecule has 0 aliphatic heterocycles. The van der Waals surface area contributed by atoms with Crippen molar-refractivity contribution in [2.75, 3.05) is 0 Å². The lowest BCUT2D eigenvalue weighted by Crippen LogP contribution is -2.03. The first-order chi connectivity index (χ1) is 5.33. The van der Waals surface area contributed by atoms with Crippen LogP contribution >= 0.6 is 0 Å². The molecule has 0 saturated carbocycles. The normalized spacial score (nSPS) is 25.5. The molecule has 0 bridgehead atoms. The topological polar surface area (TPSA) is 0 Å². The molecule has 0 heteroatoms. The fourth-order valence-electron chi connectivity index (χ4n) is 1.49. The molecule has 0 radical (unpaired) electrons. The van der Waals surface area contributed by atoms with Crippen LogP contribution in [0.2, 0.25) is 0 Å². The molecule has 2 atom stereocenters. The van der Waals surface area contributed by atoms with Crippen LogP contribution in [-0.2, 0) is 0 Å². The third kappa shape index (κ3) is 2.92. The maximum atomic E-state index is 2.34. The van der Waals surface area contributed by atoms with E-state index in [0.717, 1.165) is 11.8 Å². The lowest BCUT2D eigenvalue weighted by Gasteiger charge is -2.16. The Kier molecular flexibility index (Phi) is 3.41. The van der Waals surface area contributed by atoms with Crippen molar-refractivity contribution in [3.63, 3.8) is 0 Å². The van der Waals surface area contributed by atoms with Crippen LogP contribution in [0.5, 0.6) is 0 Å². The first kappa shape index (κ1) is 8.58. The molecule has 0 aromatic heterocycles. The van der Waals surface area contributed by atoms with Crippen molar-refractivity contribution >= 4 is 0 Å². The van der Waals surface area contributed by atoms with Crippen LogP contribution in [0.3, 0.4) is 0 Å². The van der Waals surface area contributed by atoms with E-state index in [1.807, 2.05) is 0 Å². The van der Waals surface area contributed by atoms with E-state index in [4.69, 9.17) is 0 Å². The second kappa shape index (κ2) is 4.38. The van der Waals surface area contributed by atoms with Crippen LogP contribution in [0.1, 0.15) is 33.1 Å². The molecule has 1 aliphatic rings. The fourth-order valence-corrected chi connectivity index (χ4v) is 1.49. The van der Waals surface area contributed by atoms with E-state index in [-0.39, 0.29) is 0 Å². The van der Waals surface area contributed by atoms with Gasteiger partial charge in [-0.05, 0) is 24.7 Å². The molecule has 0 nitrogen and oxygen atoms in total. The van der Waals surface area contributed by atoms with Crippen molar-refractivity contribution in [2.24, 2.45) is 11.8 Å². The van der Waals surface area contributed by atoms with E-state index in [0.29, 0.717) is 0 Å². The van der Waals surface area contributed by atoms with E-state index in [1.54, 1.807) is 0 Å². The Morgan fingerprint density at radius 3 is 2.82 bits per heavy atom. The summed E-state index contributed by atoms with van der Waals surface area (Å²) in [7, 11) is 0. The summed E-state index contributed by atoms with van der Waals surface area (Å²) in [5, 5.41) is 0. The number of rotatable bonds is 3. The third-order valence-electron chi connectivity index (χ3n) is 2.47. The van der Waals surface area contributed by atoms with Gasteiger partial charge in [-0.1, -0.05) is 44.6 Å².